The van der Waals surface area contributed by atoms with Gasteiger partial charge in [-0.05, 0) is 73.7 Å². The molecule has 0 aliphatic heterocycles. The second-order valence-electron chi connectivity index (χ2n) is 16.2. The van der Waals surface area contributed by atoms with Gasteiger partial charge < -0.3 is 77.9 Å². The van der Waals surface area contributed by atoms with Crippen molar-refractivity contribution in [1.29, 1.82) is 5.41 Å². The summed E-state index contributed by atoms with van der Waals surface area (Å²) in [5.41, 5.74) is 15.0. The Balaban J connectivity index is 1.45. The molecule has 0 fully saturated rings. The fourth-order valence-corrected chi connectivity index (χ4v) is 7.08. The van der Waals surface area contributed by atoms with Crippen LogP contribution in [0.3, 0.4) is 0 Å². The number of aliphatic hydroxyl groups excluding tert-OH is 10. The average molecular weight is 981 g/mol. The number of halogens is 1. The van der Waals surface area contributed by atoms with Gasteiger partial charge in [0, 0.05) is 26.1 Å². The molecule has 0 spiro atoms. The van der Waals surface area contributed by atoms with Crippen LogP contribution in [0.15, 0.2) is 48.5 Å². The summed E-state index contributed by atoms with van der Waals surface area (Å²) >= 11 is 5.82. The van der Waals surface area contributed by atoms with Gasteiger partial charge in [-0.15, -0.1) is 0 Å². The quantitative estimate of drug-likeness (QED) is 0.0144. The topological polar surface area (TPSA) is 404 Å². The number of unbranched alkanes of at least 4 members (excludes halogenated alkanes) is 2. The number of hydrogen-bond acceptors (Lipinski definition) is 20. The number of guanidine groups is 1. The Morgan fingerprint density at radius 3 is 1.75 bits per heavy atom. The molecule has 0 aliphatic rings. The van der Waals surface area contributed by atoms with Crippen molar-refractivity contribution in [3.05, 3.63) is 70.5 Å². The zero-order valence-electron chi connectivity index (χ0n) is 37.7. The molecule has 3 rings (SSSR count). The van der Waals surface area contributed by atoms with Gasteiger partial charge in [-0.3, -0.25) is 25.2 Å². The highest BCUT2D eigenvalue weighted by molar-refractivity contribution is 6.31. The van der Waals surface area contributed by atoms with Crippen LogP contribution < -0.4 is 27.4 Å². The van der Waals surface area contributed by atoms with Crippen molar-refractivity contribution < 1.29 is 70.2 Å². The van der Waals surface area contributed by atoms with Gasteiger partial charge in [0.15, 0.2) is 28.4 Å². The van der Waals surface area contributed by atoms with E-state index in [0.717, 1.165) is 41.5 Å². The number of aryl methyl sites for hydroxylation is 2. The zero-order valence-corrected chi connectivity index (χ0v) is 38.4. The molecule has 0 radical (unpaired) electrons. The molecule has 0 aliphatic carbocycles. The van der Waals surface area contributed by atoms with Crippen LogP contribution in [0.4, 0.5) is 11.6 Å². The lowest BCUT2D eigenvalue weighted by atomic mass is 9.99. The van der Waals surface area contributed by atoms with Crippen LogP contribution in [0.5, 0.6) is 0 Å². The summed E-state index contributed by atoms with van der Waals surface area (Å²) in [6.45, 7) is -2.21. The van der Waals surface area contributed by atoms with Crippen molar-refractivity contribution >= 4 is 47.0 Å². The van der Waals surface area contributed by atoms with E-state index in [2.05, 4.69) is 25.9 Å². The van der Waals surface area contributed by atoms with Crippen LogP contribution >= 0.6 is 11.6 Å². The number of nitrogens with zero attached hydrogens (tertiary/aromatic N) is 3. The summed E-state index contributed by atoms with van der Waals surface area (Å²) in [5.74, 6) is -2.37. The molecule has 68 heavy (non-hydrogen) atoms. The number of carbonyl (C=O) groups excluding carboxylic acids is 3. The number of methoxy groups -OCH3 is 1. The fourth-order valence-electron chi connectivity index (χ4n) is 6.95. The molecule has 0 saturated heterocycles. The number of rotatable bonds is 29. The first kappa shape index (κ1) is 57.2. The van der Waals surface area contributed by atoms with E-state index < -0.39 is 99.0 Å². The third-order valence-electron chi connectivity index (χ3n) is 11.0. The molecule has 378 valence electrons. The lowest BCUT2D eigenvalue weighted by Gasteiger charge is -2.33. The molecule has 0 unspecified atom stereocenters. The molecule has 1 aromatic heterocycles. The fraction of sp³-hybridized carbons (Fsp3) is 0.545. The Morgan fingerprint density at radius 2 is 1.24 bits per heavy atom. The van der Waals surface area contributed by atoms with Crippen molar-refractivity contribution in [2.75, 3.05) is 58.0 Å². The van der Waals surface area contributed by atoms with E-state index >= 15 is 0 Å². The number of carbonyl (C=O) groups is 3. The maximum atomic E-state index is 13.0. The average Bonchev–Trinajstić information content (AvgIpc) is 3.33. The van der Waals surface area contributed by atoms with E-state index in [-0.39, 0.29) is 60.7 Å². The highest BCUT2D eigenvalue weighted by Crippen LogP contribution is 2.22. The number of aromatic nitrogens is 2. The van der Waals surface area contributed by atoms with E-state index in [1.54, 1.807) is 0 Å². The second-order valence-corrected chi connectivity index (χ2v) is 16.6. The summed E-state index contributed by atoms with van der Waals surface area (Å²) in [6.07, 6.45) is -11.3. The Kier molecular flexibility index (Phi) is 24.4. The van der Waals surface area contributed by atoms with Crippen molar-refractivity contribution in [3.63, 3.8) is 0 Å². The van der Waals surface area contributed by atoms with Gasteiger partial charge in [-0.1, -0.05) is 60.1 Å². The number of esters is 1. The maximum absolute atomic E-state index is 13.0. The number of amides is 2. The standard InChI is InChI=1S/C44H66ClN9O14/c1-68-43(67)28(7-3-5-19-54(20-29(57)35(62)37(64)31(59)22-55)21-30(58)36(63)38(65)32(60)23-56)50-33(61)17-12-25-10-15-27(16-11-25)26-13-8-24(9-14-26)6-2-4-18-49-44(48)53-42(66)34-40(46)52-41(47)39(45)51-34/h8-11,13-16,28-32,35-38,55-60,62-65H,2-7,12,17-23H2,1H3,(H,50,61)(H4,46,47,52)(H3,48,49,53,66)/t28-,29-,30-,31+,32+,35+,36+,37+,38+/m0/s1. The van der Waals surface area contributed by atoms with Crippen LogP contribution in [-0.4, -0.2) is 191 Å². The Hall–Kier alpha value is -5.15. The molecule has 2 aromatic carbocycles. The number of nitrogens with one attached hydrogen (secondary N) is 4. The predicted octanol–water partition coefficient (Wildman–Crippen LogP) is -2.83. The largest absolute Gasteiger partial charge is 0.467 e. The highest BCUT2D eigenvalue weighted by atomic mass is 35.5. The first-order chi connectivity index (χ1) is 32.3. The summed E-state index contributed by atoms with van der Waals surface area (Å²) in [5, 5.41) is 115. The van der Waals surface area contributed by atoms with Crippen LogP contribution in [0.25, 0.3) is 11.1 Å². The van der Waals surface area contributed by atoms with Gasteiger partial charge >= 0.3 is 5.97 Å². The van der Waals surface area contributed by atoms with Gasteiger partial charge in [0.2, 0.25) is 5.91 Å². The minimum absolute atomic E-state index is 0.0437. The molecule has 0 saturated carbocycles. The van der Waals surface area contributed by atoms with E-state index in [9.17, 15) is 55.2 Å². The van der Waals surface area contributed by atoms with Gasteiger partial charge in [-0.2, -0.15) is 0 Å². The number of nitrogens with two attached hydrogens (primary N) is 2. The number of aliphatic hydroxyl groups is 10. The Morgan fingerprint density at radius 1 is 0.721 bits per heavy atom. The third-order valence-corrected chi connectivity index (χ3v) is 11.3. The molecule has 24 heteroatoms. The number of anilines is 2. The van der Waals surface area contributed by atoms with Crippen molar-refractivity contribution in [2.24, 2.45) is 0 Å². The second kappa shape index (κ2) is 29.0. The number of ether oxygens (including phenoxy) is 1. The lowest BCUT2D eigenvalue weighted by molar-refractivity contribution is -0.145. The molecular weight excluding hydrogens is 914 g/mol. The minimum Gasteiger partial charge on any atom is -0.467 e. The van der Waals surface area contributed by atoms with E-state index in [1.165, 1.54) is 12.0 Å². The van der Waals surface area contributed by atoms with Crippen LogP contribution in [0.2, 0.25) is 5.15 Å². The summed E-state index contributed by atoms with van der Waals surface area (Å²) in [4.78, 5) is 47.0. The van der Waals surface area contributed by atoms with Crippen molar-refractivity contribution in [3.8, 4) is 11.1 Å². The molecule has 9 atom stereocenters. The van der Waals surface area contributed by atoms with Crippen molar-refractivity contribution in [2.45, 2.75) is 106 Å². The van der Waals surface area contributed by atoms with Crippen molar-refractivity contribution in [1.82, 2.24) is 30.8 Å². The van der Waals surface area contributed by atoms with Crippen LogP contribution in [0, 0.1) is 5.41 Å². The molecule has 23 nitrogen and oxygen atoms in total. The van der Waals surface area contributed by atoms with Gasteiger partial charge in [0.05, 0.1) is 32.5 Å². The minimum atomic E-state index is -1.94. The molecule has 3 aromatic rings. The lowest BCUT2D eigenvalue weighted by Crippen LogP contribution is -2.53. The number of benzene rings is 2. The van der Waals surface area contributed by atoms with E-state index in [0.29, 0.717) is 13.0 Å². The normalized spacial score (nSPS) is 15.5. The monoisotopic (exact) mass is 979 g/mol. The van der Waals surface area contributed by atoms with Gasteiger partial charge in [0.1, 0.15) is 42.7 Å². The summed E-state index contributed by atoms with van der Waals surface area (Å²) in [7, 11) is 1.18. The molecule has 2 amide bonds. The maximum Gasteiger partial charge on any atom is 0.328 e. The Labute approximate surface area is 398 Å². The van der Waals surface area contributed by atoms with Crippen LogP contribution in [-0.2, 0) is 27.2 Å². The first-order valence-corrected chi connectivity index (χ1v) is 22.3. The van der Waals surface area contributed by atoms with Crippen LogP contribution in [0.1, 0.15) is 60.1 Å². The molecule has 0 bridgehead atoms. The highest BCUT2D eigenvalue weighted by Gasteiger charge is 2.34. The number of nitrogen functional groups attached to an aromatic ring is 2. The molecular formula is C44H66ClN9O14. The molecule has 18 N–H and O–H groups in total. The SMILES string of the molecule is COC(=O)[C@H](CCCCN(C[C@H](O)[C@@H](O)[C@H](O)[C@H](O)CO)C[C@H](O)[C@@H](O)[C@H](O)[C@H](O)CO)NC(=O)CCc1ccc(-c2ccc(CCCCNC(=N)NC(=O)c3nc(Cl)c(N)nc3N)cc2)cc1. The zero-order chi connectivity index (χ0) is 50.5. The van der Waals surface area contributed by atoms with Gasteiger partial charge in [0.25, 0.3) is 5.91 Å². The third kappa shape index (κ3) is 18.4. The summed E-state index contributed by atoms with van der Waals surface area (Å²) < 4.78 is 4.90. The van der Waals surface area contributed by atoms with E-state index in [4.69, 9.17) is 43.4 Å². The van der Waals surface area contributed by atoms with E-state index in [1.807, 2.05) is 48.5 Å². The number of hydrogen-bond donors (Lipinski definition) is 16. The predicted molar refractivity (Wildman–Crippen MR) is 249 cm³/mol. The smallest absolute Gasteiger partial charge is 0.328 e. The van der Waals surface area contributed by atoms with Gasteiger partial charge in [-0.25, -0.2) is 14.8 Å². The summed E-state index contributed by atoms with van der Waals surface area (Å²) in [6, 6.07) is 14.8. The first-order valence-electron chi connectivity index (χ1n) is 22.0. The Bertz CT molecular complexity index is 2010. The molecule has 1 heterocycles.